The molecule has 0 fully saturated rings. The lowest BCUT2D eigenvalue weighted by Gasteiger charge is -2.18. The number of hydrogen-bond donors (Lipinski definition) is 1. The van der Waals surface area contributed by atoms with Gasteiger partial charge >= 0.3 is 5.97 Å². The van der Waals surface area contributed by atoms with Gasteiger partial charge < -0.3 is 14.5 Å². The summed E-state index contributed by atoms with van der Waals surface area (Å²) in [6.07, 6.45) is 2.60. The van der Waals surface area contributed by atoms with Crippen molar-refractivity contribution in [3.8, 4) is 11.3 Å². The van der Waals surface area contributed by atoms with Crippen molar-refractivity contribution in [2.75, 3.05) is 7.11 Å². The number of nitrogens with zero attached hydrogens (tertiary/aromatic N) is 1. The number of carbonyl (C=O) groups is 2. The van der Waals surface area contributed by atoms with Gasteiger partial charge in [0.1, 0.15) is 6.04 Å². The predicted octanol–water partition coefficient (Wildman–Crippen LogP) is 3.63. The third-order valence-electron chi connectivity index (χ3n) is 3.79. The van der Waals surface area contributed by atoms with Crippen LogP contribution in [0.4, 0.5) is 0 Å². The molecule has 1 amide bonds. The predicted molar refractivity (Wildman–Crippen MR) is 98.7 cm³/mol. The number of benzene rings is 1. The van der Waals surface area contributed by atoms with Crippen LogP contribution in [-0.4, -0.2) is 30.0 Å². The van der Waals surface area contributed by atoms with E-state index in [1.807, 2.05) is 32.0 Å². The Labute approximate surface area is 157 Å². The summed E-state index contributed by atoms with van der Waals surface area (Å²) in [6.45, 7) is 3.95. The molecule has 140 valence electrons. The van der Waals surface area contributed by atoms with Gasteiger partial charge in [0.05, 0.1) is 18.3 Å². The number of halogens is 1. The maximum absolute atomic E-state index is 12.2. The molecule has 0 saturated carbocycles. The maximum atomic E-state index is 12.2. The SMILES string of the molecule is COC(=O)C(CC(C)C)NC(=O)CCc1ncc(-c2ccccc2Cl)o1. The quantitative estimate of drug-likeness (QED) is 0.709. The molecule has 1 N–H and O–H groups in total. The average Bonchev–Trinajstić information content (AvgIpc) is 3.07. The summed E-state index contributed by atoms with van der Waals surface area (Å²) in [5, 5.41) is 3.28. The van der Waals surface area contributed by atoms with Crippen molar-refractivity contribution in [3.63, 3.8) is 0 Å². The lowest BCUT2D eigenvalue weighted by molar-refractivity contribution is -0.145. The van der Waals surface area contributed by atoms with Gasteiger partial charge in [0, 0.05) is 18.4 Å². The molecule has 1 atom stereocenters. The molecule has 0 bridgehead atoms. The molecule has 2 rings (SSSR count). The summed E-state index contributed by atoms with van der Waals surface area (Å²) in [6, 6.07) is 6.66. The highest BCUT2D eigenvalue weighted by atomic mass is 35.5. The van der Waals surface area contributed by atoms with Gasteiger partial charge in [-0.15, -0.1) is 0 Å². The van der Waals surface area contributed by atoms with Gasteiger partial charge in [-0.25, -0.2) is 9.78 Å². The third-order valence-corrected chi connectivity index (χ3v) is 4.12. The molecule has 6 nitrogen and oxygen atoms in total. The summed E-state index contributed by atoms with van der Waals surface area (Å²) in [5.41, 5.74) is 0.750. The maximum Gasteiger partial charge on any atom is 0.328 e. The van der Waals surface area contributed by atoms with Gasteiger partial charge in [0.2, 0.25) is 5.91 Å². The fourth-order valence-corrected chi connectivity index (χ4v) is 2.75. The highest BCUT2D eigenvalue weighted by Gasteiger charge is 2.22. The Morgan fingerprint density at radius 3 is 2.69 bits per heavy atom. The molecule has 0 aliphatic heterocycles. The summed E-state index contributed by atoms with van der Waals surface area (Å²) >= 11 is 6.14. The molecule has 1 unspecified atom stereocenters. The first-order valence-corrected chi connectivity index (χ1v) is 8.85. The van der Waals surface area contributed by atoms with E-state index in [1.54, 1.807) is 12.3 Å². The topological polar surface area (TPSA) is 81.4 Å². The van der Waals surface area contributed by atoms with Crippen LogP contribution < -0.4 is 5.32 Å². The van der Waals surface area contributed by atoms with Crippen LogP contribution in [0.2, 0.25) is 5.02 Å². The number of aryl methyl sites for hydroxylation is 1. The zero-order valence-corrected chi connectivity index (χ0v) is 15.9. The van der Waals surface area contributed by atoms with Crippen molar-refractivity contribution in [2.45, 2.75) is 39.2 Å². The van der Waals surface area contributed by atoms with E-state index < -0.39 is 12.0 Å². The number of esters is 1. The van der Waals surface area contributed by atoms with Crippen LogP contribution in [0.15, 0.2) is 34.9 Å². The highest BCUT2D eigenvalue weighted by molar-refractivity contribution is 6.33. The van der Waals surface area contributed by atoms with Gasteiger partial charge in [-0.05, 0) is 24.5 Å². The summed E-state index contributed by atoms with van der Waals surface area (Å²) in [5.74, 6) is 0.554. The van der Waals surface area contributed by atoms with E-state index in [9.17, 15) is 9.59 Å². The van der Waals surface area contributed by atoms with E-state index >= 15 is 0 Å². The van der Waals surface area contributed by atoms with Crippen molar-refractivity contribution < 1.29 is 18.7 Å². The largest absolute Gasteiger partial charge is 0.467 e. The third kappa shape index (κ3) is 5.59. The lowest BCUT2D eigenvalue weighted by Crippen LogP contribution is -2.42. The fraction of sp³-hybridized carbons (Fsp3) is 0.421. The van der Waals surface area contributed by atoms with Crippen LogP contribution in [0.5, 0.6) is 0 Å². The number of hydrogen-bond acceptors (Lipinski definition) is 5. The Bertz CT molecular complexity index is 758. The van der Waals surface area contributed by atoms with Crippen molar-refractivity contribution in [1.82, 2.24) is 10.3 Å². The Hall–Kier alpha value is -2.34. The second kappa shape index (κ2) is 9.38. The molecule has 0 spiro atoms. The summed E-state index contributed by atoms with van der Waals surface area (Å²) in [4.78, 5) is 28.1. The molecule has 1 heterocycles. The minimum absolute atomic E-state index is 0.161. The number of methoxy groups -OCH3 is 1. The van der Waals surface area contributed by atoms with Crippen LogP contribution in [0.3, 0.4) is 0 Å². The van der Waals surface area contributed by atoms with Crippen LogP contribution >= 0.6 is 11.6 Å². The Morgan fingerprint density at radius 1 is 1.31 bits per heavy atom. The first-order valence-electron chi connectivity index (χ1n) is 8.47. The van der Waals surface area contributed by atoms with E-state index in [0.29, 0.717) is 29.5 Å². The van der Waals surface area contributed by atoms with E-state index in [2.05, 4.69) is 10.3 Å². The number of rotatable bonds is 8. The molecule has 0 radical (unpaired) electrons. The highest BCUT2D eigenvalue weighted by Crippen LogP contribution is 2.28. The van der Waals surface area contributed by atoms with Gasteiger partial charge in [-0.1, -0.05) is 37.6 Å². The van der Waals surface area contributed by atoms with Crippen LogP contribution in [0.25, 0.3) is 11.3 Å². The first kappa shape index (κ1) is 20.0. The van der Waals surface area contributed by atoms with E-state index in [0.717, 1.165) is 5.56 Å². The molecule has 26 heavy (non-hydrogen) atoms. The van der Waals surface area contributed by atoms with E-state index in [4.69, 9.17) is 20.8 Å². The van der Waals surface area contributed by atoms with Crippen molar-refractivity contribution in [3.05, 3.63) is 41.4 Å². The van der Waals surface area contributed by atoms with Crippen LogP contribution in [0, 0.1) is 5.92 Å². The number of aromatic nitrogens is 1. The molecule has 7 heteroatoms. The Morgan fingerprint density at radius 2 is 2.04 bits per heavy atom. The second-order valence-electron chi connectivity index (χ2n) is 6.37. The zero-order valence-electron chi connectivity index (χ0n) is 15.1. The van der Waals surface area contributed by atoms with Crippen molar-refractivity contribution >= 4 is 23.5 Å². The molecule has 1 aromatic heterocycles. The minimum Gasteiger partial charge on any atom is -0.467 e. The molecule has 1 aromatic carbocycles. The number of amides is 1. The fourth-order valence-electron chi connectivity index (χ4n) is 2.53. The molecule has 2 aromatic rings. The molecule has 0 aliphatic rings. The number of ether oxygens (including phenoxy) is 1. The molecule has 0 saturated heterocycles. The average molecular weight is 379 g/mol. The smallest absolute Gasteiger partial charge is 0.328 e. The van der Waals surface area contributed by atoms with Gasteiger partial charge in [-0.3, -0.25) is 4.79 Å². The van der Waals surface area contributed by atoms with Crippen LogP contribution in [-0.2, 0) is 20.7 Å². The van der Waals surface area contributed by atoms with Gasteiger partial charge in [0.15, 0.2) is 11.7 Å². The summed E-state index contributed by atoms with van der Waals surface area (Å²) in [7, 11) is 1.31. The molecular formula is C19H23ClN2O4. The van der Waals surface area contributed by atoms with Crippen molar-refractivity contribution in [2.24, 2.45) is 5.92 Å². The number of oxazole rings is 1. The van der Waals surface area contributed by atoms with E-state index in [1.165, 1.54) is 7.11 Å². The first-order chi connectivity index (χ1) is 12.4. The minimum atomic E-state index is -0.643. The Balaban J connectivity index is 1.93. The molecule has 0 aliphatic carbocycles. The summed E-state index contributed by atoms with van der Waals surface area (Å²) < 4.78 is 10.4. The lowest BCUT2D eigenvalue weighted by atomic mass is 10.0. The standard InChI is InChI=1S/C19H23ClN2O4/c1-12(2)10-15(19(24)25-3)22-17(23)8-9-18-21-11-16(26-18)13-6-4-5-7-14(13)20/h4-7,11-12,15H,8-10H2,1-3H3,(H,22,23). The monoisotopic (exact) mass is 378 g/mol. The van der Waals surface area contributed by atoms with Gasteiger partial charge in [0.25, 0.3) is 0 Å². The van der Waals surface area contributed by atoms with E-state index in [-0.39, 0.29) is 18.2 Å². The number of carbonyl (C=O) groups excluding carboxylic acids is 2. The Kier molecular flexibility index (Phi) is 7.21. The molecular weight excluding hydrogens is 356 g/mol. The zero-order chi connectivity index (χ0) is 19.1. The second-order valence-corrected chi connectivity index (χ2v) is 6.78. The van der Waals surface area contributed by atoms with Gasteiger partial charge in [-0.2, -0.15) is 0 Å². The van der Waals surface area contributed by atoms with Crippen molar-refractivity contribution in [1.29, 1.82) is 0 Å². The van der Waals surface area contributed by atoms with Crippen LogP contribution in [0.1, 0.15) is 32.6 Å². The normalized spacial score (nSPS) is 12.0. The number of nitrogens with one attached hydrogen (secondary N) is 1.